The average molecular weight is 244 g/mol. The van der Waals surface area contributed by atoms with Crippen molar-refractivity contribution in [3.8, 4) is 0 Å². The fourth-order valence-electron chi connectivity index (χ4n) is 1.38. The molecule has 0 spiro atoms. The highest BCUT2D eigenvalue weighted by Crippen LogP contribution is 2.34. The van der Waals surface area contributed by atoms with Gasteiger partial charge in [0, 0.05) is 4.70 Å². The van der Waals surface area contributed by atoms with Crippen molar-refractivity contribution in [1.82, 2.24) is 0 Å². The predicted octanol–water partition coefficient (Wildman–Crippen LogP) is 4.12. The van der Waals surface area contributed by atoms with E-state index < -0.39 is 11.7 Å². The number of fused-ring (bicyclic) bond motifs is 1. The maximum absolute atomic E-state index is 12.4. The number of Topliss-reactive ketones (excluding diaryl/α,β-unsaturated/α-hetero) is 1. The molecule has 0 saturated carbocycles. The van der Waals surface area contributed by atoms with Gasteiger partial charge in [0.1, 0.15) is 0 Å². The molecule has 2 aromatic rings. The average Bonchev–Trinajstić information content (AvgIpc) is 2.58. The summed E-state index contributed by atoms with van der Waals surface area (Å²) >= 11 is 1.09. The minimum Gasteiger partial charge on any atom is -0.294 e. The zero-order valence-electron chi connectivity index (χ0n) is 8.26. The maximum atomic E-state index is 12.4. The monoisotopic (exact) mass is 244 g/mol. The van der Waals surface area contributed by atoms with Crippen molar-refractivity contribution in [2.45, 2.75) is 13.1 Å². The lowest BCUT2D eigenvalue weighted by Gasteiger charge is -2.05. The Morgan fingerprint density at radius 2 is 1.94 bits per heavy atom. The van der Waals surface area contributed by atoms with Crippen LogP contribution in [0.15, 0.2) is 24.3 Å². The summed E-state index contributed by atoms with van der Waals surface area (Å²) in [6.07, 6.45) is -4.34. The molecule has 1 heterocycles. The first-order chi connectivity index (χ1) is 7.38. The lowest BCUT2D eigenvalue weighted by atomic mass is 10.1. The van der Waals surface area contributed by atoms with Crippen LogP contribution in [0.5, 0.6) is 0 Å². The zero-order chi connectivity index (χ0) is 11.9. The van der Waals surface area contributed by atoms with Crippen LogP contribution in [0.3, 0.4) is 0 Å². The Bertz CT molecular complexity index is 554. The molecule has 16 heavy (non-hydrogen) atoms. The molecule has 0 aliphatic carbocycles. The van der Waals surface area contributed by atoms with E-state index >= 15 is 0 Å². The Labute approximate surface area is 93.5 Å². The van der Waals surface area contributed by atoms with Gasteiger partial charge in [-0.05, 0) is 30.5 Å². The van der Waals surface area contributed by atoms with E-state index in [1.807, 2.05) is 0 Å². The molecule has 1 nitrogen and oxygen atoms in total. The normalized spacial score (nSPS) is 12.0. The lowest BCUT2D eigenvalue weighted by Crippen LogP contribution is -2.03. The smallest absolute Gasteiger partial charge is 0.294 e. The van der Waals surface area contributed by atoms with Gasteiger partial charge < -0.3 is 0 Å². The molecule has 0 unspecified atom stereocenters. The number of rotatable bonds is 1. The number of hydrogen-bond donors (Lipinski definition) is 0. The molecule has 0 atom stereocenters. The number of benzene rings is 1. The van der Waals surface area contributed by atoms with Crippen LogP contribution in [0.2, 0.25) is 0 Å². The largest absolute Gasteiger partial charge is 0.416 e. The minimum absolute atomic E-state index is 0.130. The molecule has 0 N–H and O–H groups in total. The summed E-state index contributed by atoms with van der Waals surface area (Å²) in [7, 11) is 0. The van der Waals surface area contributed by atoms with Gasteiger partial charge in [-0.2, -0.15) is 13.2 Å². The van der Waals surface area contributed by atoms with Crippen molar-refractivity contribution in [2.24, 2.45) is 0 Å². The molecule has 84 valence electrons. The topological polar surface area (TPSA) is 17.1 Å². The Morgan fingerprint density at radius 3 is 2.50 bits per heavy atom. The van der Waals surface area contributed by atoms with E-state index in [1.54, 1.807) is 6.07 Å². The van der Waals surface area contributed by atoms with Gasteiger partial charge in [-0.3, -0.25) is 4.79 Å². The number of carbonyl (C=O) groups excluding carboxylic acids is 1. The predicted molar refractivity (Wildman–Crippen MR) is 56.8 cm³/mol. The van der Waals surface area contributed by atoms with Crippen LogP contribution < -0.4 is 0 Å². The van der Waals surface area contributed by atoms with Gasteiger partial charge in [0.15, 0.2) is 5.78 Å². The van der Waals surface area contributed by atoms with Gasteiger partial charge in [-0.15, -0.1) is 11.3 Å². The molecule has 1 aromatic carbocycles. The molecule has 5 heteroatoms. The van der Waals surface area contributed by atoms with Crippen LogP contribution in [-0.4, -0.2) is 5.78 Å². The standard InChI is InChI=1S/C11H7F3OS/c1-6(15)9-4-7-2-3-8(11(12,13)14)5-10(7)16-9/h2-5H,1H3. The van der Waals surface area contributed by atoms with E-state index in [2.05, 4.69) is 0 Å². The van der Waals surface area contributed by atoms with E-state index in [0.29, 0.717) is 15.0 Å². The second-order valence-corrected chi connectivity index (χ2v) is 4.50. The quantitative estimate of drug-likeness (QED) is 0.689. The Balaban J connectivity index is 2.58. The van der Waals surface area contributed by atoms with E-state index in [-0.39, 0.29) is 5.78 Å². The fourth-order valence-corrected chi connectivity index (χ4v) is 2.38. The first-order valence-electron chi connectivity index (χ1n) is 4.49. The molecule has 0 radical (unpaired) electrons. The van der Waals surface area contributed by atoms with Crippen LogP contribution in [0, 0.1) is 0 Å². The Morgan fingerprint density at radius 1 is 1.25 bits per heavy atom. The van der Waals surface area contributed by atoms with Gasteiger partial charge in [-0.25, -0.2) is 0 Å². The molecule has 0 amide bonds. The molecule has 0 bridgehead atoms. The summed E-state index contributed by atoms with van der Waals surface area (Å²) < 4.78 is 37.7. The summed E-state index contributed by atoms with van der Waals surface area (Å²) in [5.41, 5.74) is -0.683. The Kier molecular flexibility index (Phi) is 2.50. The summed E-state index contributed by atoms with van der Waals surface area (Å²) in [6, 6.07) is 5.11. The number of ketones is 1. The third-order valence-electron chi connectivity index (χ3n) is 2.19. The van der Waals surface area contributed by atoms with Crippen molar-refractivity contribution in [1.29, 1.82) is 0 Å². The van der Waals surface area contributed by atoms with Crippen LogP contribution >= 0.6 is 11.3 Å². The van der Waals surface area contributed by atoms with E-state index in [4.69, 9.17) is 0 Å². The summed E-state index contributed by atoms with van der Waals surface area (Å²) in [5.74, 6) is -0.130. The number of thiophene rings is 1. The van der Waals surface area contributed by atoms with E-state index in [9.17, 15) is 18.0 Å². The second-order valence-electron chi connectivity index (χ2n) is 3.42. The maximum Gasteiger partial charge on any atom is 0.416 e. The zero-order valence-corrected chi connectivity index (χ0v) is 9.08. The molecule has 0 fully saturated rings. The molecule has 0 saturated heterocycles. The van der Waals surface area contributed by atoms with E-state index in [0.717, 1.165) is 23.5 Å². The van der Waals surface area contributed by atoms with Crippen molar-refractivity contribution in [3.05, 3.63) is 34.7 Å². The number of alkyl halides is 3. The molecule has 1 aromatic heterocycles. The minimum atomic E-state index is -4.34. The lowest BCUT2D eigenvalue weighted by molar-refractivity contribution is -0.137. The highest BCUT2D eigenvalue weighted by atomic mass is 32.1. The number of halogens is 3. The first kappa shape index (κ1) is 11.1. The van der Waals surface area contributed by atoms with Gasteiger partial charge in [0.2, 0.25) is 0 Å². The van der Waals surface area contributed by atoms with Gasteiger partial charge in [-0.1, -0.05) is 6.07 Å². The van der Waals surface area contributed by atoms with Crippen molar-refractivity contribution in [3.63, 3.8) is 0 Å². The summed E-state index contributed by atoms with van der Waals surface area (Å²) in [5, 5.41) is 0.670. The Hall–Kier alpha value is -1.36. The highest BCUT2D eigenvalue weighted by Gasteiger charge is 2.30. The van der Waals surface area contributed by atoms with Crippen molar-refractivity contribution < 1.29 is 18.0 Å². The number of carbonyl (C=O) groups is 1. The molecule has 0 aliphatic heterocycles. The molecular weight excluding hydrogens is 237 g/mol. The summed E-state index contributed by atoms with van der Waals surface area (Å²) in [4.78, 5) is 11.6. The first-order valence-corrected chi connectivity index (χ1v) is 5.31. The third kappa shape index (κ3) is 1.95. The van der Waals surface area contributed by atoms with Crippen LogP contribution in [0.1, 0.15) is 22.2 Å². The molecular formula is C11H7F3OS. The van der Waals surface area contributed by atoms with Crippen molar-refractivity contribution in [2.75, 3.05) is 0 Å². The molecule has 0 aliphatic rings. The van der Waals surface area contributed by atoms with Gasteiger partial charge >= 0.3 is 6.18 Å². The second kappa shape index (κ2) is 3.59. The fraction of sp³-hybridized carbons (Fsp3) is 0.182. The third-order valence-corrected chi connectivity index (χ3v) is 3.39. The van der Waals surface area contributed by atoms with Crippen LogP contribution in [0.25, 0.3) is 10.1 Å². The summed E-state index contributed by atoms with van der Waals surface area (Å²) in [6.45, 7) is 1.40. The van der Waals surface area contributed by atoms with Gasteiger partial charge in [0.05, 0.1) is 10.4 Å². The number of hydrogen-bond acceptors (Lipinski definition) is 2. The van der Waals surface area contributed by atoms with E-state index in [1.165, 1.54) is 13.0 Å². The van der Waals surface area contributed by atoms with Crippen LogP contribution in [0.4, 0.5) is 13.2 Å². The van der Waals surface area contributed by atoms with Gasteiger partial charge in [0.25, 0.3) is 0 Å². The van der Waals surface area contributed by atoms with Crippen molar-refractivity contribution >= 4 is 27.2 Å². The SMILES string of the molecule is CC(=O)c1cc2ccc(C(F)(F)F)cc2s1. The molecule has 2 rings (SSSR count). The highest BCUT2D eigenvalue weighted by molar-refractivity contribution is 7.20. The van der Waals surface area contributed by atoms with Crippen LogP contribution in [-0.2, 0) is 6.18 Å².